The van der Waals surface area contributed by atoms with Gasteiger partial charge in [0.05, 0.1) is 19.8 Å². The van der Waals surface area contributed by atoms with Crippen molar-refractivity contribution in [2.75, 3.05) is 43.1 Å². The molecule has 0 radical (unpaired) electrons. The molecule has 2 heterocycles. The Morgan fingerprint density at radius 2 is 2.39 bits per heavy atom. The van der Waals surface area contributed by atoms with Gasteiger partial charge in [-0.05, 0) is 24.6 Å². The molecule has 6 nitrogen and oxygen atoms in total. The first kappa shape index (κ1) is 12.8. The van der Waals surface area contributed by atoms with Crippen LogP contribution in [0.4, 0.5) is 11.6 Å². The number of nitrogens with one attached hydrogen (secondary N) is 1. The predicted molar refractivity (Wildman–Crippen MR) is 67.7 cm³/mol. The Bertz CT molecular complexity index is 437. The maximum atomic E-state index is 11.7. The van der Waals surface area contributed by atoms with E-state index in [0.717, 1.165) is 5.56 Å². The van der Waals surface area contributed by atoms with Crippen LogP contribution in [0.1, 0.15) is 5.56 Å². The van der Waals surface area contributed by atoms with Crippen LogP contribution in [-0.4, -0.2) is 48.9 Å². The third-order valence-corrected chi connectivity index (χ3v) is 2.64. The predicted octanol–water partition coefficient (Wildman–Crippen LogP) is 0.157. The van der Waals surface area contributed by atoms with E-state index in [0.29, 0.717) is 31.3 Å². The Kier molecular flexibility index (Phi) is 4.11. The summed E-state index contributed by atoms with van der Waals surface area (Å²) in [4.78, 5) is 17.7. The summed E-state index contributed by atoms with van der Waals surface area (Å²) in [5.74, 6) is 1.22. The van der Waals surface area contributed by atoms with E-state index < -0.39 is 0 Å². The van der Waals surface area contributed by atoms with Crippen LogP contribution in [0.5, 0.6) is 0 Å². The number of hydrogen-bond donors (Lipinski definition) is 2. The SMILES string of the molecule is Cc1cc(NCCO)nc(N2CCOCC2=O)c1. The number of morpholine rings is 1. The molecule has 0 bridgehead atoms. The maximum Gasteiger partial charge on any atom is 0.254 e. The lowest BCUT2D eigenvalue weighted by atomic mass is 10.2. The lowest BCUT2D eigenvalue weighted by Crippen LogP contribution is -2.42. The number of carbonyl (C=O) groups is 1. The first-order valence-electron chi connectivity index (χ1n) is 5.92. The van der Waals surface area contributed by atoms with Crippen LogP contribution in [0.3, 0.4) is 0 Å². The fraction of sp³-hybridized carbons (Fsp3) is 0.500. The van der Waals surface area contributed by atoms with Crippen molar-refractivity contribution in [2.45, 2.75) is 6.92 Å². The Balaban J connectivity index is 2.20. The number of hydrogen-bond acceptors (Lipinski definition) is 5. The van der Waals surface area contributed by atoms with E-state index in [1.54, 1.807) is 4.90 Å². The Morgan fingerprint density at radius 1 is 1.56 bits per heavy atom. The number of nitrogens with zero attached hydrogens (tertiary/aromatic N) is 2. The van der Waals surface area contributed by atoms with Gasteiger partial charge in [-0.15, -0.1) is 0 Å². The van der Waals surface area contributed by atoms with Crippen molar-refractivity contribution in [2.24, 2.45) is 0 Å². The first-order valence-corrected chi connectivity index (χ1v) is 5.92. The van der Waals surface area contributed by atoms with Gasteiger partial charge in [0.1, 0.15) is 18.2 Å². The van der Waals surface area contributed by atoms with Gasteiger partial charge in [-0.2, -0.15) is 0 Å². The highest BCUT2D eigenvalue weighted by Crippen LogP contribution is 2.19. The third-order valence-electron chi connectivity index (χ3n) is 2.64. The average molecular weight is 251 g/mol. The molecule has 1 aromatic heterocycles. The number of aryl methyl sites for hydroxylation is 1. The van der Waals surface area contributed by atoms with Crippen LogP contribution >= 0.6 is 0 Å². The minimum Gasteiger partial charge on any atom is -0.395 e. The zero-order valence-electron chi connectivity index (χ0n) is 10.3. The summed E-state index contributed by atoms with van der Waals surface area (Å²) in [6.45, 7) is 3.58. The number of ether oxygens (including phenoxy) is 1. The molecule has 1 fully saturated rings. The smallest absolute Gasteiger partial charge is 0.254 e. The van der Waals surface area contributed by atoms with E-state index >= 15 is 0 Å². The van der Waals surface area contributed by atoms with E-state index in [1.165, 1.54) is 0 Å². The van der Waals surface area contributed by atoms with E-state index in [2.05, 4.69) is 10.3 Å². The summed E-state index contributed by atoms with van der Waals surface area (Å²) in [6.07, 6.45) is 0. The molecule has 18 heavy (non-hydrogen) atoms. The molecule has 1 aromatic rings. The van der Waals surface area contributed by atoms with Crippen molar-refractivity contribution in [3.63, 3.8) is 0 Å². The highest BCUT2D eigenvalue weighted by Gasteiger charge is 2.21. The number of anilines is 2. The first-order chi connectivity index (χ1) is 8.70. The van der Waals surface area contributed by atoms with Crippen LogP contribution in [0.25, 0.3) is 0 Å². The number of rotatable bonds is 4. The second-order valence-corrected chi connectivity index (χ2v) is 4.14. The van der Waals surface area contributed by atoms with Crippen molar-refractivity contribution in [3.8, 4) is 0 Å². The van der Waals surface area contributed by atoms with Gasteiger partial charge >= 0.3 is 0 Å². The van der Waals surface area contributed by atoms with Crippen LogP contribution in [0.15, 0.2) is 12.1 Å². The zero-order chi connectivity index (χ0) is 13.0. The molecule has 1 saturated heterocycles. The van der Waals surface area contributed by atoms with Gasteiger partial charge in [0, 0.05) is 6.54 Å². The van der Waals surface area contributed by atoms with E-state index in [9.17, 15) is 4.79 Å². The van der Waals surface area contributed by atoms with Crippen molar-refractivity contribution >= 4 is 17.5 Å². The lowest BCUT2D eigenvalue weighted by molar-refractivity contribution is -0.125. The topological polar surface area (TPSA) is 74.7 Å². The van der Waals surface area contributed by atoms with Gasteiger partial charge in [0.25, 0.3) is 5.91 Å². The average Bonchev–Trinajstić information content (AvgIpc) is 2.36. The highest BCUT2D eigenvalue weighted by atomic mass is 16.5. The molecule has 6 heteroatoms. The van der Waals surface area contributed by atoms with Crippen LogP contribution in [0, 0.1) is 6.92 Å². The monoisotopic (exact) mass is 251 g/mol. The Labute approximate surface area is 106 Å². The minimum absolute atomic E-state index is 0.0431. The van der Waals surface area contributed by atoms with Crippen LogP contribution < -0.4 is 10.2 Å². The summed E-state index contributed by atoms with van der Waals surface area (Å²) in [7, 11) is 0. The minimum atomic E-state index is -0.0764. The second-order valence-electron chi connectivity index (χ2n) is 4.14. The van der Waals surface area contributed by atoms with E-state index in [1.807, 2.05) is 19.1 Å². The Morgan fingerprint density at radius 3 is 3.11 bits per heavy atom. The molecule has 1 aliphatic heterocycles. The summed E-state index contributed by atoms with van der Waals surface area (Å²) >= 11 is 0. The van der Waals surface area contributed by atoms with Gasteiger partial charge in [0.15, 0.2) is 0 Å². The molecule has 0 spiro atoms. The molecule has 0 saturated carbocycles. The van der Waals surface area contributed by atoms with Gasteiger partial charge in [-0.1, -0.05) is 0 Å². The molecule has 1 aliphatic rings. The quantitative estimate of drug-likeness (QED) is 0.797. The maximum absolute atomic E-state index is 11.7. The molecule has 2 N–H and O–H groups in total. The van der Waals surface area contributed by atoms with Gasteiger partial charge in [-0.3, -0.25) is 9.69 Å². The molecule has 2 rings (SSSR count). The fourth-order valence-electron chi connectivity index (χ4n) is 1.82. The second kappa shape index (κ2) is 5.79. The summed E-state index contributed by atoms with van der Waals surface area (Å²) < 4.78 is 5.09. The molecule has 0 aliphatic carbocycles. The third kappa shape index (κ3) is 2.96. The standard InChI is InChI=1S/C12H17N3O3/c1-9-6-10(13-2-4-16)14-11(7-9)15-3-5-18-8-12(15)17/h6-7,16H,2-5,8H2,1H3,(H,13,14). The number of aromatic nitrogens is 1. The molecule has 98 valence electrons. The number of aliphatic hydroxyl groups is 1. The summed E-state index contributed by atoms with van der Waals surface area (Å²) in [5.41, 5.74) is 1.01. The van der Waals surface area contributed by atoms with E-state index in [4.69, 9.17) is 9.84 Å². The highest BCUT2D eigenvalue weighted by molar-refractivity contribution is 5.94. The number of aliphatic hydroxyl groups excluding tert-OH is 1. The van der Waals surface area contributed by atoms with E-state index in [-0.39, 0.29) is 19.1 Å². The largest absolute Gasteiger partial charge is 0.395 e. The number of pyridine rings is 1. The normalized spacial score (nSPS) is 15.9. The van der Waals surface area contributed by atoms with Gasteiger partial charge in [0.2, 0.25) is 0 Å². The molecule has 1 amide bonds. The fourth-order valence-corrected chi connectivity index (χ4v) is 1.82. The van der Waals surface area contributed by atoms with Gasteiger partial charge in [-0.25, -0.2) is 4.98 Å². The molecule has 0 atom stereocenters. The lowest BCUT2D eigenvalue weighted by Gasteiger charge is -2.26. The molecule has 0 aromatic carbocycles. The Hall–Kier alpha value is -1.66. The molecule has 0 unspecified atom stereocenters. The van der Waals surface area contributed by atoms with Crippen molar-refractivity contribution in [3.05, 3.63) is 17.7 Å². The molecular formula is C12H17N3O3. The van der Waals surface area contributed by atoms with Crippen molar-refractivity contribution in [1.29, 1.82) is 0 Å². The zero-order valence-corrected chi connectivity index (χ0v) is 10.3. The summed E-state index contributed by atoms with van der Waals surface area (Å²) in [5, 5.41) is 11.8. The molecular weight excluding hydrogens is 234 g/mol. The van der Waals surface area contributed by atoms with Crippen molar-refractivity contribution in [1.82, 2.24) is 4.98 Å². The number of carbonyl (C=O) groups excluding carboxylic acids is 1. The summed E-state index contributed by atoms with van der Waals surface area (Å²) in [6, 6.07) is 3.75. The van der Waals surface area contributed by atoms with Crippen LogP contribution in [-0.2, 0) is 9.53 Å². The number of amides is 1. The van der Waals surface area contributed by atoms with Crippen molar-refractivity contribution < 1.29 is 14.6 Å². The van der Waals surface area contributed by atoms with Gasteiger partial charge < -0.3 is 15.2 Å². The van der Waals surface area contributed by atoms with Crippen LogP contribution in [0.2, 0.25) is 0 Å².